The number of fused-ring (bicyclic) bond motifs is 24. The van der Waals surface area contributed by atoms with Gasteiger partial charge < -0.3 is 22.8 Å². The first-order valence-corrected chi connectivity index (χ1v) is 46.1. The molecule has 0 saturated carbocycles. The molecule has 9 heteroatoms. The summed E-state index contributed by atoms with van der Waals surface area (Å²) in [4.78, 5) is 21.9. The van der Waals surface area contributed by atoms with Gasteiger partial charge in [0.25, 0.3) is 0 Å². The molecule has 624 valence electrons. The van der Waals surface area contributed by atoms with Gasteiger partial charge in [0.15, 0.2) is 0 Å². The number of hydrogen-bond donors (Lipinski definition) is 0. The smallest absolute Gasteiger partial charge is 0.0980 e. The fourth-order valence-corrected chi connectivity index (χ4v) is 22.8. The second kappa shape index (κ2) is 29.2. The highest BCUT2D eigenvalue weighted by Crippen LogP contribution is 2.54. The molecule has 0 amide bonds. The highest BCUT2D eigenvalue weighted by molar-refractivity contribution is 6.21. The van der Waals surface area contributed by atoms with E-state index in [1.807, 2.05) is 12.1 Å². The molecule has 7 heterocycles. The van der Waals surface area contributed by atoms with E-state index in [0.29, 0.717) is 0 Å². The summed E-state index contributed by atoms with van der Waals surface area (Å²) < 4.78 is 12.1. The summed E-state index contributed by atoms with van der Waals surface area (Å²) in [5.74, 6) is 0. The van der Waals surface area contributed by atoms with E-state index in [0.717, 1.165) is 128 Å². The Morgan fingerprint density at radius 2 is 0.493 bits per heavy atom. The van der Waals surface area contributed by atoms with Crippen LogP contribution >= 0.6 is 0 Å². The molecule has 0 saturated heterocycles. The lowest BCUT2D eigenvalue weighted by atomic mass is 9.82. The average Bonchev–Trinajstić information content (AvgIpc) is 1.55. The summed E-state index contributed by atoms with van der Waals surface area (Å²) in [5, 5.41) is 21.6. The third-order valence-electron chi connectivity index (χ3n) is 28.7. The highest BCUT2D eigenvalue weighted by atomic mass is 15.0. The van der Waals surface area contributed by atoms with Crippen LogP contribution in [0.3, 0.4) is 0 Å². The molecule has 0 N–H and O–H groups in total. The summed E-state index contributed by atoms with van der Waals surface area (Å²) in [6, 6.07) is 161. The molecule has 1 aliphatic carbocycles. The van der Waals surface area contributed by atoms with Gasteiger partial charge in [-0.15, -0.1) is 0 Å². The topological polar surface area (TPSA) is 76.2 Å². The lowest BCUT2D eigenvalue weighted by Gasteiger charge is -2.21. The van der Waals surface area contributed by atoms with Gasteiger partial charge in [0.1, 0.15) is 0 Å². The Morgan fingerprint density at radius 1 is 0.179 bits per heavy atom. The van der Waals surface area contributed by atoms with Gasteiger partial charge in [0.05, 0.1) is 111 Å². The van der Waals surface area contributed by atoms with Gasteiger partial charge in [-0.3, -0.25) is 0 Å². The molecule has 0 atom stereocenters. The van der Waals surface area contributed by atoms with Crippen LogP contribution in [0.25, 0.3) is 259 Å². The van der Waals surface area contributed by atoms with Crippen LogP contribution in [-0.2, 0) is 5.41 Å². The Hall–Kier alpha value is -17.7. The van der Waals surface area contributed by atoms with E-state index in [-0.39, 0.29) is 5.41 Å². The van der Waals surface area contributed by atoms with E-state index in [1.165, 1.54) is 142 Å². The molecule has 134 heavy (non-hydrogen) atoms. The maximum Gasteiger partial charge on any atom is 0.0980 e. The Bertz CT molecular complexity index is 9800. The molecule has 1 aliphatic rings. The fourth-order valence-electron chi connectivity index (χ4n) is 22.8. The van der Waals surface area contributed by atoms with Crippen LogP contribution < -0.4 is 0 Å². The molecule has 29 rings (SSSR count). The zero-order chi connectivity index (χ0) is 88.1. The van der Waals surface area contributed by atoms with Gasteiger partial charge in [-0.2, -0.15) is 0 Å². The standard InChI is InChI=1S/C64H39N5.C61H40N4/c1-2-19-42(20-3-1)67-58-32-13-7-24-49(58)62-50(26-16-34-60(62)67)64-63(65-53-27-8-9-28-54(53)66-64)48-25-14-17-40-37-43(35-36-44(40)48)68-55-29-10-6-23-47(55)52-38-41-18-15-33-59(51(41)39-61(52)68)69-56-30-11-4-21-45(56)46-22-5-12-31-57(46)69;1-61(2)49-24-7-3-21-45(49)58-46(23-15-25-50(58)61)60-59(62-51-26-8-9-27-52(51)63-60)44-22-13-16-37-34-39(32-33-40(37)44)64-53-28-10-6-20-43(53)48-35-38-17-14-31-56(47(38)36-57(48)64)65-54-29-11-4-18-41(54)42-19-5-12-30-55(42)65/h1-39H;3-36H,1-2H3. The lowest BCUT2D eigenvalue weighted by Crippen LogP contribution is -2.14. The number of aromatic nitrogens is 9. The number of hydrogen-bond acceptors (Lipinski definition) is 4. The molecule has 0 spiro atoms. The molecule has 0 aliphatic heterocycles. The minimum Gasteiger partial charge on any atom is -0.309 e. The van der Waals surface area contributed by atoms with Gasteiger partial charge in [-0.25, -0.2) is 19.9 Å². The summed E-state index contributed by atoms with van der Waals surface area (Å²) in [5.41, 5.74) is 33.8. The maximum atomic E-state index is 5.50. The minimum atomic E-state index is -0.131. The summed E-state index contributed by atoms with van der Waals surface area (Å²) in [6.45, 7) is 4.67. The van der Waals surface area contributed by atoms with Crippen LogP contribution in [0.4, 0.5) is 0 Å². The number of nitrogens with zero attached hydrogens (tertiary/aromatic N) is 9. The molecule has 28 aromatic rings. The van der Waals surface area contributed by atoms with Crippen molar-refractivity contribution in [1.29, 1.82) is 0 Å². The molecular formula is C125H79N9. The van der Waals surface area contributed by atoms with Gasteiger partial charge in [0, 0.05) is 109 Å². The summed E-state index contributed by atoms with van der Waals surface area (Å²) in [7, 11) is 0. The van der Waals surface area contributed by atoms with E-state index >= 15 is 0 Å². The van der Waals surface area contributed by atoms with Crippen molar-refractivity contribution in [3.05, 3.63) is 454 Å². The normalized spacial score (nSPS) is 12.6. The molecule has 7 aromatic heterocycles. The monoisotopic (exact) mass is 1710 g/mol. The number of rotatable bonds is 9. The first-order chi connectivity index (χ1) is 66.3. The lowest BCUT2D eigenvalue weighted by molar-refractivity contribution is 0.660. The van der Waals surface area contributed by atoms with Crippen LogP contribution in [0, 0.1) is 0 Å². The van der Waals surface area contributed by atoms with Crippen molar-refractivity contribution in [3.8, 4) is 84.6 Å². The largest absolute Gasteiger partial charge is 0.309 e. The van der Waals surface area contributed by atoms with Crippen molar-refractivity contribution in [2.24, 2.45) is 0 Å². The number of benzene rings is 21. The first kappa shape index (κ1) is 75.3. The van der Waals surface area contributed by atoms with Crippen molar-refractivity contribution in [2.75, 3.05) is 0 Å². The average molecular weight is 1710 g/mol. The van der Waals surface area contributed by atoms with E-state index in [1.54, 1.807) is 0 Å². The third-order valence-corrected chi connectivity index (χ3v) is 28.7. The van der Waals surface area contributed by atoms with Crippen LogP contribution in [0.5, 0.6) is 0 Å². The van der Waals surface area contributed by atoms with E-state index in [9.17, 15) is 0 Å². The number of para-hydroxylation sites is 12. The Balaban J connectivity index is 0.000000134. The molecule has 0 bridgehead atoms. The van der Waals surface area contributed by atoms with Gasteiger partial charge in [-0.05, 0) is 200 Å². The van der Waals surface area contributed by atoms with Gasteiger partial charge >= 0.3 is 0 Å². The summed E-state index contributed by atoms with van der Waals surface area (Å²) >= 11 is 0. The molecule has 0 unspecified atom stereocenters. The van der Waals surface area contributed by atoms with Crippen molar-refractivity contribution in [1.82, 2.24) is 42.8 Å². The zero-order valence-corrected chi connectivity index (χ0v) is 73.2. The Labute approximate surface area is 769 Å². The second-order valence-electron chi connectivity index (χ2n) is 36.2. The highest BCUT2D eigenvalue weighted by Gasteiger charge is 2.38. The minimum absolute atomic E-state index is 0.131. The van der Waals surface area contributed by atoms with Crippen LogP contribution in [0.1, 0.15) is 25.0 Å². The summed E-state index contributed by atoms with van der Waals surface area (Å²) in [6.07, 6.45) is 0. The van der Waals surface area contributed by atoms with Crippen molar-refractivity contribution < 1.29 is 0 Å². The molecular weight excluding hydrogens is 1630 g/mol. The Morgan fingerprint density at radius 3 is 0.963 bits per heavy atom. The van der Waals surface area contributed by atoms with Crippen LogP contribution in [0.2, 0.25) is 0 Å². The molecule has 0 fully saturated rings. The first-order valence-electron chi connectivity index (χ1n) is 46.1. The predicted octanol–water partition coefficient (Wildman–Crippen LogP) is 32.3. The predicted molar refractivity (Wildman–Crippen MR) is 560 cm³/mol. The van der Waals surface area contributed by atoms with Gasteiger partial charge in [-0.1, -0.05) is 311 Å². The quantitative estimate of drug-likeness (QED) is 0.144. The van der Waals surface area contributed by atoms with Crippen molar-refractivity contribution in [2.45, 2.75) is 19.3 Å². The maximum absolute atomic E-state index is 5.50. The molecule has 21 aromatic carbocycles. The zero-order valence-electron chi connectivity index (χ0n) is 73.2. The fraction of sp³-hybridized carbons (Fsp3) is 0.0240. The van der Waals surface area contributed by atoms with Gasteiger partial charge in [0.2, 0.25) is 0 Å². The van der Waals surface area contributed by atoms with Crippen molar-refractivity contribution >= 4 is 174 Å². The third kappa shape index (κ3) is 11.2. The van der Waals surface area contributed by atoms with E-state index in [2.05, 4.69) is 467 Å². The van der Waals surface area contributed by atoms with Crippen LogP contribution in [0.15, 0.2) is 443 Å². The molecule has 9 nitrogen and oxygen atoms in total. The van der Waals surface area contributed by atoms with E-state index in [4.69, 9.17) is 19.9 Å². The SMILES string of the molecule is CC1(C)c2ccccc2-c2c(-c3nc4ccccc4nc3-c3cccc4cc(-n5c6ccccc6c6cc7cccc(-n8c9ccccc9c9ccccc98)c7cc65)ccc34)cccc21.c1ccc(-n2c3ccccc3c3c(-c4nc5ccccc5nc4-c4cccc5cc(-n6c7ccccc7c7cc8cccc(-n9c%10ccccc%10c%10ccccc%109)c8cc76)ccc45)cccc32)cc1. The molecule has 0 radical (unpaired) electrons. The Kier molecular flexibility index (Phi) is 16.4. The van der Waals surface area contributed by atoms with E-state index < -0.39 is 0 Å². The second-order valence-corrected chi connectivity index (χ2v) is 36.2. The van der Waals surface area contributed by atoms with Crippen LogP contribution in [-0.4, -0.2) is 42.8 Å². The van der Waals surface area contributed by atoms with Crippen molar-refractivity contribution in [3.63, 3.8) is 0 Å².